The lowest BCUT2D eigenvalue weighted by Crippen LogP contribution is -2.38. The molecule has 11 heteroatoms. The van der Waals surface area contributed by atoms with Gasteiger partial charge in [-0.3, -0.25) is 13.9 Å². The largest absolute Gasteiger partial charge is 0.338 e. The molecule has 32 heavy (non-hydrogen) atoms. The molecule has 0 fully saturated rings. The van der Waals surface area contributed by atoms with E-state index < -0.39 is 11.2 Å². The van der Waals surface area contributed by atoms with Crippen molar-refractivity contribution in [3.05, 3.63) is 61.8 Å². The van der Waals surface area contributed by atoms with Crippen molar-refractivity contribution >= 4 is 34.4 Å². The van der Waals surface area contributed by atoms with Gasteiger partial charge >= 0.3 is 5.69 Å². The Morgan fingerprint density at radius 3 is 2.47 bits per heavy atom. The van der Waals surface area contributed by atoms with Gasteiger partial charge in [0.25, 0.3) is 5.56 Å². The molecule has 0 unspecified atom stereocenters. The first-order valence-electron chi connectivity index (χ1n) is 9.76. The first-order valence-corrected chi connectivity index (χ1v) is 11.1. The van der Waals surface area contributed by atoms with Crippen LogP contribution in [0.3, 0.4) is 0 Å². The number of fused-ring (bicyclic) bond motifs is 1. The number of halogens is 1. The Labute approximate surface area is 192 Å². The number of thioether (sulfide) groups is 1. The summed E-state index contributed by atoms with van der Waals surface area (Å²) in [5, 5.41) is 5.26. The van der Waals surface area contributed by atoms with Gasteiger partial charge < -0.3 is 4.52 Å². The molecule has 0 bridgehead atoms. The zero-order valence-corrected chi connectivity index (χ0v) is 19.8. The van der Waals surface area contributed by atoms with Gasteiger partial charge in [0.05, 0.1) is 10.8 Å². The Morgan fingerprint density at radius 1 is 1.06 bits per heavy atom. The van der Waals surface area contributed by atoms with Crippen LogP contribution in [0.5, 0.6) is 0 Å². The molecule has 0 N–H and O–H groups in total. The van der Waals surface area contributed by atoms with Crippen LogP contribution in [0.4, 0.5) is 0 Å². The second-order valence-electron chi connectivity index (χ2n) is 8.29. The molecule has 0 aliphatic carbocycles. The van der Waals surface area contributed by atoms with Gasteiger partial charge in [0.2, 0.25) is 11.7 Å². The third-order valence-corrected chi connectivity index (χ3v) is 6.14. The van der Waals surface area contributed by atoms with Gasteiger partial charge in [0, 0.05) is 25.1 Å². The summed E-state index contributed by atoms with van der Waals surface area (Å²) in [6.45, 7) is 5.90. The van der Waals surface area contributed by atoms with Crippen molar-refractivity contribution in [3.63, 3.8) is 0 Å². The summed E-state index contributed by atoms with van der Waals surface area (Å²) in [5.74, 6) is 1.54. The second-order valence-corrected chi connectivity index (χ2v) is 9.66. The minimum Gasteiger partial charge on any atom is -0.338 e. The summed E-state index contributed by atoms with van der Waals surface area (Å²) >= 11 is 7.49. The van der Waals surface area contributed by atoms with Crippen LogP contribution in [0.25, 0.3) is 22.4 Å². The molecule has 0 amide bonds. The fourth-order valence-electron chi connectivity index (χ4n) is 3.06. The minimum absolute atomic E-state index is 0.276. The molecule has 0 saturated carbocycles. The molecule has 3 heterocycles. The van der Waals surface area contributed by atoms with Crippen LogP contribution >= 0.6 is 23.4 Å². The zero-order chi connectivity index (χ0) is 23.2. The first-order chi connectivity index (χ1) is 15.1. The highest BCUT2D eigenvalue weighted by atomic mass is 35.5. The zero-order valence-electron chi connectivity index (χ0n) is 18.2. The van der Waals surface area contributed by atoms with Crippen molar-refractivity contribution < 1.29 is 4.52 Å². The summed E-state index contributed by atoms with van der Waals surface area (Å²) in [6.07, 6.45) is 0. The lowest BCUT2D eigenvalue weighted by molar-refractivity contribution is 0.391. The van der Waals surface area contributed by atoms with Crippen molar-refractivity contribution in [2.45, 2.75) is 37.0 Å². The number of aromatic nitrogens is 6. The summed E-state index contributed by atoms with van der Waals surface area (Å²) in [4.78, 5) is 38.9. The predicted molar refractivity (Wildman–Crippen MR) is 123 cm³/mol. The lowest BCUT2D eigenvalue weighted by Gasteiger charge is -2.19. The Kier molecular flexibility index (Phi) is 5.68. The standard InChI is InChI=1S/C21H21ClN6O3S/c1-21(2,3)19-24-16-14(18(29)28(5)20(30)27(16)4)17(25-19)32-10-13-23-15(26-31-13)11-8-6-7-9-12(11)22/h6-9H,10H2,1-5H3. The number of aryl methyl sites for hydroxylation is 1. The van der Waals surface area contributed by atoms with E-state index in [0.717, 1.165) is 4.57 Å². The summed E-state index contributed by atoms with van der Waals surface area (Å²) in [5.41, 5.74) is -0.322. The highest BCUT2D eigenvalue weighted by molar-refractivity contribution is 7.98. The number of hydrogen-bond acceptors (Lipinski definition) is 8. The average molecular weight is 473 g/mol. The van der Waals surface area contributed by atoms with Crippen LogP contribution in [0.2, 0.25) is 5.02 Å². The van der Waals surface area contributed by atoms with Gasteiger partial charge in [-0.15, -0.1) is 0 Å². The fraction of sp³-hybridized carbons (Fsp3) is 0.333. The Balaban J connectivity index is 1.77. The highest BCUT2D eigenvalue weighted by Crippen LogP contribution is 2.30. The molecule has 0 aliphatic heterocycles. The second kappa shape index (κ2) is 8.18. The van der Waals surface area contributed by atoms with Crippen molar-refractivity contribution in [2.24, 2.45) is 14.1 Å². The first kappa shape index (κ1) is 22.2. The molecular formula is C21H21ClN6O3S. The molecule has 166 valence electrons. The fourth-order valence-corrected chi connectivity index (χ4v) is 4.14. The van der Waals surface area contributed by atoms with E-state index in [1.54, 1.807) is 13.1 Å². The molecule has 1 aromatic carbocycles. The normalized spacial score (nSPS) is 11.9. The van der Waals surface area contributed by atoms with Crippen LogP contribution in [0, 0.1) is 0 Å². The molecule has 0 radical (unpaired) electrons. The number of benzene rings is 1. The molecule has 4 aromatic rings. The molecule has 0 aliphatic rings. The Morgan fingerprint density at radius 2 is 1.78 bits per heavy atom. The van der Waals surface area contributed by atoms with Gasteiger partial charge in [0.15, 0.2) is 5.65 Å². The van der Waals surface area contributed by atoms with Crippen molar-refractivity contribution in [1.29, 1.82) is 0 Å². The van der Waals surface area contributed by atoms with E-state index in [4.69, 9.17) is 16.1 Å². The minimum atomic E-state index is -0.451. The van der Waals surface area contributed by atoms with Crippen LogP contribution < -0.4 is 11.2 Å². The third kappa shape index (κ3) is 3.95. The quantitative estimate of drug-likeness (QED) is 0.328. The maximum Gasteiger partial charge on any atom is 0.332 e. The molecule has 9 nitrogen and oxygen atoms in total. The molecule has 0 atom stereocenters. The van der Waals surface area contributed by atoms with Crippen LogP contribution in [-0.4, -0.2) is 29.2 Å². The van der Waals surface area contributed by atoms with E-state index in [2.05, 4.69) is 20.1 Å². The van der Waals surface area contributed by atoms with Crippen molar-refractivity contribution in [2.75, 3.05) is 0 Å². The Hall–Kier alpha value is -2.98. The van der Waals surface area contributed by atoms with Crippen LogP contribution in [-0.2, 0) is 25.3 Å². The number of hydrogen-bond donors (Lipinski definition) is 0. The lowest BCUT2D eigenvalue weighted by atomic mass is 9.96. The Bertz CT molecular complexity index is 1450. The maximum atomic E-state index is 12.9. The molecular weight excluding hydrogens is 452 g/mol. The SMILES string of the molecule is Cn1c(=O)c2c(SCc3nc(-c4ccccc4Cl)no3)nc(C(C)(C)C)nc2n(C)c1=O. The number of rotatable bonds is 4. The van der Waals surface area contributed by atoms with Crippen LogP contribution in [0.15, 0.2) is 43.4 Å². The van der Waals surface area contributed by atoms with Crippen molar-refractivity contribution in [1.82, 2.24) is 29.2 Å². The summed E-state index contributed by atoms with van der Waals surface area (Å²) in [7, 11) is 3.02. The molecule has 4 rings (SSSR count). The summed E-state index contributed by atoms with van der Waals surface area (Å²) < 4.78 is 7.79. The van der Waals surface area contributed by atoms with E-state index in [1.165, 1.54) is 23.4 Å². The molecule has 0 saturated heterocycles. The van der Waals surface area contributed by atoms with E-state index in [-0.39, 0.29) is 16.6 Å². The summed E-state index contributed by atoms with van der Waals surface area (Å²) in [6, 6.07) is 7.22. The van der Waals surface area contributed by atoms with Gasteiger partial charge in [0.1, 0.15) is 16.2 Å². The van der Waals surface area contributed by atoms with Gasteiger partial charge in [-0.2, -0.15) is 4.98 Å². The number of nitrogens with zero attached hydrogens (tertiary/aromatic N) is 6. The van der Waals surface area contributed by atoms with E-state index in [9.17, 15) is 9.59 Å². The molecule has 0 spiro atoms. The van der Waals surface area contributed by atoms with Crippen molar-refractivity contribution in [3.8, 4) is 11.4 Å². The van der Waals surface area contributed by atoms with Crippen LogP contribution in [0.1, 0.15) is 32.5 Å². The van der Waals surface area contributed by atoms with Gasteiger partial charge in [-0.05, 0) is 12.1 Å². The van der Waals surface area contributed by atoms with E-state index >= 15 is 0 Å². The monoisotopic (exact) mass is 472 g/mol. The highest BCUT2D eigenvalue weighted by Gasteiger charge is 2.24. The predicted octanol–water partition coefficient (Wildman–Crippen LogP) is 3.32. The van der Waals surface area contributed by atoms with E-state index in [1.807, 2.05) is 39.0 Å². The topological polar surface area (TPSA) is 109 Å². The average Bonchev–Trinajstić information content (AvgIpc) is 3.22. The van der Waals surface area contributed by atoms with E-state index in [0.29, 0.717) is 38.8 Å². The third-order valence-electron chi connectivity index (χ3n) is 4.85. The van der Waals surface area contributed by atoms with Gasteiger partial charge in [-0.25, -0.2) is 14.8 Å². The maximum absolute atomic E-state index is 12.9. The van der Waals surface area contributed by atoms with Gasteiger partial charge in [-0.1, -0.05) is 61.4 Å². The smallest absolute Gasteiger partial charge is 0.332 e. The molecule has 3 aromatic heterocycles.